The second kappa shape index (κ2) is 5.53. The molecule has 0 N–H and O–H groups in total. The fraction of sp³-hybridized carbons (Fsp3) is 0.583. The molecule has 0 aliphatic rings. The number of aryl methyl sites for hydroxylation is 1. The highest BCUT2D eigenvalue weighted by Crippen LogP contribution is 2.16. The Labute approximate surface area is 123 Å². The van der Waals surface area contributed by atoms with Crippen LogP contribution in [-0.4, -0.2) is 31.4 Å². The first-order chi connectivity index (χ1) is 9.34. The smallest absolute Gasteiger partial charge is 0.332 e. The molecule has 2 aromatic heterocycles. The molecule has 0 saturated carbocycles. The van der Waals surface area contributed by atoms with Crippen molar-refractivity contribution in [2.45, 2.75) is 26.5 Å². The number of fused-ring (bicyclic) bond motifs is 1. The van der Waals surface area contributed by atoms with E-state index in [9.17, 15) is 9.59 Å². The zero-order valence-electron chi connectivity index (χ0n) is 11.9. The SMILES string of the molecule is CC(C)OCCn1c(Br)nc2c(=O)n(C)c(=O)n(C)c21. The van der Waals surface area contributed by atoms with Crippen molar-refractivity contribution in [2.24, 2.45) is 14.1 Å². The molecule has 0 spiro atoms. The van der Waals surface area contributed by atoms with Gasteiger partial charge in [0.25, 0.3) is 5.56 Å². The first kappa shape index (κ1) is 15.0. The topological polar surface area (TPSA) is 71.1 Å². The van der Waals surface area contributed by atoms with Gasteiger partial charge in [0.15, 0.2) is 15.9 Å². The number of hydrogen-bond donors (Lipinski definition) is 0. The van der Waals surface area contributed by atoms with E-state index in [0.29, 0.717) is 23.5 Å². The van der Waals surface area contributed by atoms with Gasteiger partial charge in [-0.15, -0.1) is 0 Å². The molecule has 2 aromatic rings. The quantitative estimate of drug-likeness (QED) is 0.762. The molecule has 0 saturated heterocycles. The normalized spacial score (nSPS) is 11.7. The van der Waals surface area contributed by atoms with Gasteiger partial charge in [0.2, 0.25) is 0 Å². The fourth-order valence-electron chi connectivity index (χ4n) is 2.04. The van der Waals surface area contributed by atoms with Crippen molar-refractivity contribution >= 4 is 27.1 Å². The molecule has 0 radical (unpaired) electrons. The van der Waals surface area contributed by atoms with E-state index in [2.05, 4.69) is 20.9 Å². The Morgan fingerprint density at radius 1 is 1.25 bits per heavy atom. The van der Waals surface area contributed by atoms with Crippen molar-refractivity contribution in [3.05, 3.63) is 25.6 Å². The Morgan fingerprint density at radius 3 is 2.50 bits per heavy atom. The predicted octanol–water partition coefficient (Wildman–Crippen LogP) is 0.621. The second-order valence-electron chi connectivity index (χ2n) is 4.83. The summed E-state index contributed by atoms with van der Waals surface area (Å²) in [6.45, 7) is 4.89. The van der Waals surface area contributed by atoms with Crippen molar-refractivity contribution < 1.29 is 4.74 Å². The van der Waals surface area contributed by atoms with Crippen LogP contribution < -0.4 is 11.2 Å². The van der Waals surface area contributed by atoms with Crippen molar-refractivity contribution in [2.75, 3.05) is 6.61 Å². The van der Waals surface area contributed by atoms with Crippen LogP contribution in [0, 0.1) is 0 Å². The summed E-state index contributed by atoms with van der Waals surface area (Å²) >= 11 is 3.33. The van der Waals surface area contributed by atoms with Gasteiger partial charge in [0, 0.05) is 20.6 Å². The maximum atomic E-state index is 12.1. The van der Waals surface area contributed by atoms with Crippen molar-refractivity contribution in [1.82, 2.24) is 18.7 Å². The molecule has 0 aromatic carbocycles. The van der Waals surface area contributed by atoms with Crippen LogP contribution in [0.4, 0.5) is 0 Å². The van der Waals surface area contributed by atoms with E-state index in [1.165, 1.54) is 11.6 Å². The minimum atomic E-state index is -0.396. The van der Waals surface area contributed by atoms with Gasteiger partial charge in [-0.2, -0.15) is 0 Å². The molecule has 8 heteroatoms. The molecular formula is C12H17BrN4O3. The Bertz CT molecular complexity index is 757. The molecule has 2 heterocycles. The number of halogens is 1. The summed E-state index contributed by atoms with van der Waals surface area (Å²) in [5, 5.41) is 0. The first-order valence-electron chi connectivity index (χ1n) is 6.28. The molecule has 7 nitrogen and oxygen atoms in total. The van der Waals surface area contributed by atoms with E-state index in [1.54, 1.807) is 11.6 Å². The Balaban J connectivity index is 2.59. The van der Waals surface area contributed by atoms with Gasteiger partial charge in [-0.3, -0.25) is 13.9 Å². The molecule has 0 aliphatic heterocycles. The zero-order valence-corrected chi connectivity index (χ0v) is 13.5. The van der Waals surface area contributed by atoms with Crippen molar-refractivity contribution in [3.63, 3.8) is 0 Å². The number of ether oxygens (including phenoxy) is 1. The van der Waals surface area contributed by atoms with Crippen LogP contribution in [0.15, 0.2) is 14.3 Å². The fourth-order valence-corrected chi connectivity index (χ4v) is 2.56. The minimum Gasteiger partial charge on any atom is -0.377 e. The van der Waals surface area contributed by atoms with Gasteiger partial charge in [-0.25, -0.2) is 9.78 Å². The van der Waals surface area contributed by atoms with Crippen LogP contribution in [-0.2, 0) is 25.4 Å². The molecule has 0 fully saturated rings. The van der Waals surface area contributed by atoms with Gasteiger partial charge in [-0.1, -0.05) is 0 Å². The first-order valence-corrected chi connectivity index (χ1v) is 7.07. The Morgan fingerprint density at radius 2 is 1.90 bits per heavy atom. The lowest BCUT2D eigenvalue weighted by Gasteiger charge is -2.11. The van der Waals surface area contributed by atoms with Crippen LogP contribution in [0.3, 0.4) is 0 Å². The lowest BCUT2D eigenvalue weighted by atomic mass is 10.5. The average Bonchev–Trinajstić information content (AvgIpc) is 2.71. The highest BCUT2D eigenvalue weighted by Gasteiger charge is 2.17. The van der Waals surface area contributed by atoms with Crippen LogP contribution in [0.1, 0.15) is 13.8 Å². The minimum absolute atomic E-state index is 0.125. The summed E-state index contributed by atoms with van der Waals surface area (Å²) in [7, 11) is 3.07. The third-order valence-corrected chi connectivity index (χ3v) is 3.66. The van der Waals surface area contributed by atoms with E-state index in [-0.39, 0.29) is 17.3 Å². The van der Waals surface area contributed by atoms with Crippen LogP contribution in [0.2, 0.25) is 0 Å². The summed E-state index contributed by atoms with van der Waals surface area (Å²) in [6, 6.07) is 0. The lowest BCUT2D eigenvalue weighted by molar-refractivity contribution is 0.0728. The highest BCUT2D eigenvalue weighted by atomic mass is 79.9. The molecule has 0 aliphatic carbocycles. The average molecular weight is 345 g/mol. The third-order valence-electron chi connectivity index (χ3n) is 3.06. The van der Waals surface area contributed by atoms with Crippen molar-refractivity contribution in [1.29, 1.82) is 0 Å². The van der Waals surface area contributed by atoms with E-state index >= 15 is 0 Å². The second-order valence-corrected chi connectivity index (χ2v) is 5.54. The van der Waals surface area contributed by atoms with Gasteiger partial charge in [0.1, 0.15) is 0 Å². The highest BCUT2D eigenvalue weighted by molar-refractivity contribution is 9.10. The molecule has 0 atom stereocenters. The molecule has 0 bridgehead atoms. The summed E-state index contributed by atoms with van der Waals surface area (Å²) in [5.74, 6) is 0. The zero-order chi connectivity index (χ0) is 15.0. The van der Waals surface area contributed by atoms with E-state index in [1.807, 2.05) is 13.8 Å². The van der Waals surface area contributed by atoms with Gasteiger partial charge < -0.3 is 9.30 Å². The van der Waals surface area contributed by atoms with Gasteiger partial charge in [0.05, 0.1) is 12.7 Å². The van der Waals surface area contributed by atoms with Gasteiger partial charge >= 0.3 is 5.69 Å². The summed E-state index contributed by atoms with van der Waals surface area (Å²) < 4.78 is 10.3. The van der Waals surface area contributed by atoms with Crippen LogP contribution in [0.25, 0.3) is 11.2 Å². The van der Waals surface area contributed by atoms with Crippen molar-refractivity contribution in [3.8, 4) is 0 Å². The molecular weight excluding hydrogens is 328 g/mol. The Hall–Kier alpha value is -1.41. The lowest BCUT2D eigenvalue weighted by Crippen LogP contribution is -2.37. The van der Waals surface area contributed by atoms with E-state index < -0.39 is 5.56 Å². The molecule has 0 unspecified atom stereocenters. The van der Waals surface area contributed by atoms with Crippen LogP contribution in [0.5, 0.6) is 0 Å². The number of nitrogens with zero attached hydrogens (tertiary/aromatic N) is 4. The predicted molar refractivity (Wildman–Crippen MR) is 79.0 cm³/mol. The monoisotopic (exact) mass is 344 g/mol. The largest absolute Gasteiger partial charge is 0.377 e. The number of aromatic nitrogens is 4. The Kier molecular flexibility index (Phi) is 4.14. The maximum absolute atomic E-state index is 12.1. The number of hydrogen-bond acceptors (Lipinski definition) is 4. The number of rotatable bonds is 4. The molecule has 2 rings (SSSR count). The molecule has 110 valence electrons. The summed E-state index contributed by atoms with van der Waals surface area (Å²) in [5.41, 5.74) is -0.00314. The summed E-state index contributed by atoms with van der Waals surface area (Å²) in [4.78, 5) is 28.3. The standard InChI is InChI=1S/C12H17BrN4O3/c1-7(2)20-6-5-17-9-8(14-11(17)13)10(18)16(4)12(19)15(9)3/h7H,5-6H2,1-4H3. The molecule has 20 heavy (non-hydrogen) atoms. The van der Waals surface area contributed by atoms with Crippen LogP contribution >= 0.6 is 15.9 Å². The number of imidazole rings is 1. The summed E-state index contributed by atoms with van der Waals surface area (Å²) in [6.07, 6.45) is 0.125. The third kappa shape index (κ3) is 2.45. The maximum Gasteiger partial charge on any atom is 0.332 e. The molecule has 0 amide bonds. The van der Waals surface area contributed by atoms with Gasteiger partial charge in [-0.05, 0) is 29.8 Å². The van der Waals surface area contributed by atoms with E-state index in [0.717, 1.165) is 4.57 Å². The van der Waals surface area contributed by atoms with E-state index in [4.69, 9.17) is 4.74 Å².